The molecule has 270 valence electrons. The average molecular weight is 696 g/mol. The molecule has 0 radical (unpaired) electrons. The summed E-state index contributed by atoms with van der Waals surface area (Å²) < 4.78 is 0. The number of benzene rings is 5. The minimum atomic E-state index is -0.124. The number of rotatable bonds is 7. The van der Waals surface area contributed by atoms with Gasteiger partial charge in [-0.2, -0.15) is 0 Å². The van der Waals surface area contributed by atoms with Gasteiger partial charge >= 0.3 is 0 Å². The molecule has 2 bridgehead atoms. The molecular formula is C52H57N. The highest BCUT2D eigenvalue weighted by atomic mass is 15.1. The molecule has 5 aliphatic carbocycles. The van der Waals surface area contributed by atoms with E-state index in [2.05, 4.69) is 128 Å². The van der Waals surface area contributed by atoms with Crippen LogP contribution < -0.4 is 4.90 Å². The first-order valence-corrected chi connectivity index (χ1v) is 21.4. The van der Waals surface area contributed by atoms with Gasteiger partial charge in [0, 0.05) is 22.5 Å². The molecule has 4 saturated carbocycles. The number of nitrogens with zero attached hydrogens (tertiary/aromatic N) is 1. The largest absolute Gasteiger partial charge is 0.310 e. The van der Waals surface area contributed by atoms with Crippen LogP contribution in [0.2, 0.25) is 0 Å². The lowest BCUT2D eigenvalue weighted by Crippen LogP contribution is -2.17. The zero-order valence-electron chi connectivity index (χ0n) is 32.1. The number of fused-ring (bicyclic) bond motifs is 5. The maximum absolute atomic E-state index is 2.53. The molecule has 0 aliphatic heterocycles. The first kappa shape index (κ1) is 33.5. The Morgan fingerprint density at radius 2 is 1.06 bits per heavy atom. The van der Waals surface area contributed by atoms with Crippen LogP contribution in [0.15, 0.2) is 109 Å². The molecule has 0 saturated heterocycles. The maximum atomic E-state index is 2.53. The topological polar surface area (TPSA) is 3.24 Å². The molecule has 0 spiro atoms. The van der Waals surface area contributed by atoms with Crippen LogP contribution in [-0.4, -0.2) is 0 Å². The highest BCUT2D eigenvalue weighted by Crippen LogP contribution is 2.55. The monoisotopic (exact) mass is 695 g/mol. The smallest absolute Gasteiger partial charge is 0.0465 e. The Balaban J connectivity index is 1.01. The molecule has 5 aliphatic rings. The van der Waals surface area contributed by atoms with Crippen LogP contribution in [0.1, 0.15) is 149 Å². The summed E-state index contributed by atoms with van der Waals surface area (Å²) in [6.45, 7) is 4.91. The minimum Gasteiger partial charge on any atom is -0.310 e. The Kier molecular flexibility index (Phi) is 8.61. The van der Waals surface area contributed by atoms with Crippen molar-refractivity contribution in [1.82, 2.24) is 0 Å². The summed E-state index contributed by atoms with van der Waals surface area (Å²) in [5.74, 6) is 4.06. The maximum Gasteiger partial charge on any atom is 0.0465 e. The highest BCUT2D eigenvalue weighted by Gasteiger charge is 2.40. The van der Waals surface area contributed by atoms with Crippen LogP contribution in [0.25, 0.3) is 22.3 Å². The van der Waals surface area contributed by atoms with Gasteiger partial charge in [0.15, 0.2) is 0 Å². The van der Waals surface area contributed by atoms with Gasteiger partial charge in [-0.25, -0.2) is 0 Å². The van der Waals surface area contributed by atoms with Crippen molar-refractivity contribution in [3.05, 3.63) is 137 Å². The van der Waals surface area contributed by atoms with E-state index in [-0.39, 0.29) is 5.41 Å². The van der Waals surface area contributed by atoms with Crippen LogP contribution in [0.5, 0.6) is 0 Å². The second-order valence-corrected chi connectivity index (χ2v) is 18.2. The summed E-state index contributed by atoms with van der Waals surface area (Å²) in [5.41, 5.74) is 16.6. The van der Waals surface area contributed by atoms with Crippen LogP contribution in [-0.2, 0) is 5.41 Å². The van der Waals surface area contributed by atoms with Crippen molar-refractivity contribution in [2.75, 3.05) is 4.90 Å². The van der Waals surface area contributed by atoms with Gasteiger partial charge in [-0.15, -0.1) is 0 Å². The Morgan fingerprint density at radius 1 is 0.491 bits per heavy atom. The van der Waals surface area contributed by atoms with Crippen molar-refractivity contribution in [1.29, 1.82) is 0 Å². The van der Waals surface area contributed by atoms with Crippen molar-refractivity contribution < 1.29 is 0 Å². The Bertz CT molecular complexity index is 2070. The van der Waals surface area contributed by atoms with Gasteiger partial charge in [0.2, 0.25) is 0 Å². The highest BCUT2D eigenvalue weighted by molar-refractivity contribution is 5.90. The first-order valence-electron chi connectivity index (χ1n) is 21.4. The first-order chi connectivity index (χ1) is 26.0. The van der Waals surface area contributed by atoms with Crippen LogP contribution in [0.3, 0.4) is 0 Å². The third-order valence-corrected chi connectivity index (χ3v) is 14.8. The summed E-state index contributed by atoms with van der Waals surface area (Å²) >= 11 is 0. The van der Waals surface area contributed by atoms with E-state index in [1.807, 2.05) is 0 Å². The van der Waals surface area contributed by atoms with Crippen molar-refractivity contribution in [2.45, 2.75) is 127 Å². The Hall–Kier alpha value is -4.10. The lowest BCUT2D eigenvalue weighted by molar-refractivity contribution is 0.420. The van der Waals surface area contributed by atoms with Crippen LogP contribution in [0, 0.1) is 11.8 Å². The molecule has 4 fully saturated rings. The molecule has 0 aromatic heterocycles. The van der Waals surface area contributed by atoms with Crippen molar-refractivity contribution in [3.63, 3.8) is 0 Å². The van der Waals surface area contributed by atoms with Gasteiger partial charge in [0.05, 0.1) is 0 Å². The zero-order chi connectivity index (χ0) is 35.5. The summed E-state index contributed by atoms with van der Waals surface area (Å²) in [4.78, 5) is 2.53. The minimum absolute atomic E-state index is 0.124. The molecule has 1 heteroatoms. The quantitative estimate of drug-likeness (QED) is 0.164. The van der Waals surface area contributed by atoms with Crippen molar-refractivity contribution in [2.24, 2.45) is 11.8 Å². The second-order valence-electron chi connectivity index (χ2n) is 18.2. The number of hydrogen-bond acceptors (Lipinski definition) is 1. The molecular weight excluding hydrogens is 639 g/mol. The fourth-order valence-electron chi connectivity index (χ4n) is 11.9. The van der Waals surface area contributed by atoms with Gasteiger partial charge in [-0.3, -0.25) is 0 Å². The lowest BCUT2D eigenvalue weighted by atomic mass is 9.78. The van der Waals surface area contributed by atoms with E-state index in [1.54, 1.807) is 5.56 Å². The molecule has 53 heavy (non-hydrogen) atoms. The summed E-state index contributed by atoms with van der Waals surface area (Å²) in [5, 5.41) is 0. The van der Waals surface area contributed by atoms with Crippen molar-refractivity contribution in [3.8, 4) is 22.3 Å². The van der Waals surface area contributed by atoms with Gasteiger partial charge in [0.25, 0.3) is 0 Å². The Labute approximate surface area is 318 Å². The lowest BCUT2D eigenvalue weighted by Gasteiger charge is -2.30. The van der Waals surface area contributed by atoms with Gasteiger partial charge < -0.3 is 4.90 Å². The van der Waals surface area contributed by atoms with Gasteiger partial charge in [-0.1, -0.05) is 132 Å². The normalized spacial score (nSPS) is 23.5. The molecule has 0 heterocycles. The molecule has 10 rings (SSSR count). The number of hydrogen-bond donors (Lipinski definition) is 0. The zero-order valence-corrected chi connectivity index (χ0v) is 32.1. The van der Waals surface area contributed by atoms with Crippen molar-refractivity contribution >= 4 is 17.1 Å². The SMILES string of the molecule is CC1(C)c2cc(N(c3ccc(C4CCCCC4)cc3)c3ccc(C4CC5CC[C@H]4C5)cc3)ccc2-c2cccc(-c3ccc(C4CCCCC4)cc3)c21. The average Bonchev–Trinajstić information content (AvgIpc) is 3.92. The van der Waals surface area contributed by atoms with Gasteiger partial charge in [0.1, 0.15) is 0 Å². The predicted molar refractivity (Wildman–Crippen MR) is 224 cm³/mol. The molecule has 0 N–H and O–H groups in total. The number of anilines is 3. The van der Waals surface area contributed by atoms with E-state index in [0.29, 0.717) is 5.92 Å². The second kappa shape index (κ2) is 13.6. The summed E-state index contributed by atoms with van der Waals surface area (Å²) in [6.07, 6.45) is 19.4. The van der Waals surface area contributed by atoms with E-state index >= 15 is 0 Å². The fraction of sp³-hybridized carbons (Fsp3) is 0.423. The van der Waals surface area contributed by atoms with E-state index in [9.17, 15) is 0 Å². The van der Waals surface area contributed by atoms with E-state index in [1.165, 1.54) is 151 Å². The molecule has 2 unspecified atom stereocenters. The molecule has 1 nitrogen and oxygen atoms in total. The van der Waals surface area contributed by atoms with Crippen LogP contribution >= 0.6 is 0 Å². The fourth-order valence-corrected chi connectivity index (χ4v) is 11.9. The summed E-state index contributed by atoms with van der Waals surface area (Å²) in [7, 11) is 0. The van der Waals surface area contributed by atoms with E-state index in [4.69, 9.17) is 0 Å². The summed E-state index contributed by atoms with van der Waals surface area (Å²) in [6, 6.07) is 43.4. The molecule has 5 aromatic rings. The Morgan fingerprint density at radius 3 is 1.64 bits per heavy atom. The standard InChI is InChI=1S/C52H57N/c1-52(2)50-34-45(30-31-47(50)48-15-9-14-46(51(48)52)40-20-18-38(19-21-40)36-10-5-3-6-11-36)53(43-26-22-39(23-27-43)37-12-7-4-8-13-37)44-28-24-41(25-29-44)49-33-35-16-17-42(49)32-35/h9,14-15,18-31,34-37,42,49H,3-8,10-13,16-17,32-33H2,1-2H3/t35?,42-,49?/m0/s1. The third-order valence-electron chi connectivity index (χ3n) is 14.8. The van der Waals surface area contributed by atoms with Gasteiger partial charge in [-0.05, 0) is 161 Å². The molecule has 3 atom stereocenters. The van der Waals surface area contributed by atoms with E-state index in [0.717, 1.165) is 23.7 Å². The third kappa shape index (κ3) is 5.98. The molecule has 0 amide bonds. The van der Waals surface area contributed by atoms with E-state index < -0.39 is 0 Å². The predicted octanol–water partition coefficient (Wildman–Crippen LogP) is 15.1. The van der Waals surface area contributed by atoms with Crippen LogP contribution in [0.4, 0.5) is 17.1 Å². The molecule has 5 aromatic carbocycles.